The molecular weight excluding hydrogens is 484 g/mol. The largest absolute Gasteiger partial charge is 0.466 e. The molecule has 0 amide bonds. The second kappa shape index (κ2) is 9.92. The van der Waals surface area contributed by atoms with Crippen molar-refractivity contribution in [3.63, 3.8) is 0 Å². The van der Waals surface area contributed by atoms with Gasteiger partial charge in [-0.25, -0.2) is 9.59 Å². The van der Waals surface area contributed by atoms with Gasteiger partial charge in [0.2, 0.25) is 0 Å². The van der Waals surface area contributed by atoms with Crippen LogP contribution < -0.4 is 9.80 Å². The molecule has 0 fully saturated rings. The molecule has 0 radical (unpaired) electrons. The highest BCUT2D eigenvalue weighted by Crippen LogP contribution is 2.42. The first-order chi connectivity index (χ1) is 16.0. The third kappa shape index (κ3) is 4.50. The highest BCUT2D eigenvalue weighted by atomic mass is 79.9. The maximum atomic E-state index is 13.1. The number of esters is 2. The van der Waals surface area contributed by atoms with E-state index in [-0.39, 0.29) is 17.8 Å². The number of para-hydroxylation sites is 2. The van der Waals surface area contributed by atoms with Gasteiger partial charge < -0.3 is 19.3 Å². The van der Waals surface area contributed by atoms with E-state index in [2.05, 4.69) is 20.8 Å². The Morgan fingerprint density at radius 1 is 0.818 bits per heavy atom. The van der Waals surface area contributed by atoms with Gasteiger partial charge in [0, 0.05) is 15.8 Å². The molecule has 1 aliphatic heterocycles. The molecule has 0 aromatic heterocycles. The lowest BCUT2D eigenvalue weighted by Gasteiger charge is -2.47. The molecule has 3 aromatic carbocycles. The number of methoxy groups -OCH3 is 2. The van der Waals surface area contributed by atoms with Crippen LogP contribution in [0.1, 0.15) is 11.7 Å². The summed E-state index contributed by atoms with van der Waals surface area (Å²) < 4.78 is 11.1. The smallest absolute Gasteiger partial charge is 0.355 e. The first-order valence-corrected chi connectivity index (χ1v) is 11.2. The van der Waals surface area contributed by atoms with E-state index in [9.17, 15) is 9.59 Å². The molecule has 4 rings (SSSR count). The number of anilines is 2. The van der Waals surface area contributed by atoms with Crippen molar-refractivity contribution in [3.05, 3.63) is 106 Å². The molecule has 0 spiro atoms. The molecule has 0 saturated carbocycles. The van der Waals surface area contributed by atoms with Gasteiger partial charge >= 0.3 is 11.9 Å². The van der Waals surface area contributed by atoms with Crippen LogP contribution in [0.3, 0.4) is 0 Å². The number of ether oxygens (including phenoxy) is 2. The molecule has 0 saturated heterocycles. The summed E-state index contributed by atoms with van der Waals surface area (Å²) in [7, 11) is 2.62. The maximum Gasteiger partial charge on any atom is 0.355 e. The van der Waals surface area contributed by atoms with Gasteiger partial charge in [-0.1, -0.05) is 64.5 Å². The van der Waals surface area contributed by atoms with Crippen molar-refractivity contribution in [2.24, 2.45) is 0 Å². The van der Waals surface area contributed by atoms with E-state index < -0.39 is 18.1 Å². The Labute approximate surface area is 201 Å². The fourth-order valence-corrected chi connectivity index (χ4v) is 4.47. The van der Waals surface area contributed by atoms with Crippen LogP contribution in [-0.4, -0.2) is 32.7 Å². The van der Waals surface area contributed by atoms with Gasteiger partial charge in [-0.3, -0.25) is 0 Å². The lowest BCUT2D eigenvalue weighted by molar-refractivity contribution is -0.139. The molecular formula is C26H23BrN2O4. The Kier molecular flexibility index (Phi) is 6.79. The second-order valence-corrected chi connectivity index (χ2v) is 8.32. The van der Waals surface area contributed by atoms with Crippen LogP contribution in [-0.2, 0) is 19.1 Å². The SMILES string of the molecule is COC(=O)C1=C(C(=O)OC)N(c2ccccc2)C(c2cccc(Br)c2)N(c2ccccc2)C1. The molecule has 1 unspecified atom stereocenters. The summed E-state index contributed by atoms with van der Waals surface area (Å²) in [5.41, 5.74) is 2.96. The third-order valence-corrected chi connectivity index (χ3v) is 5.97. The summed E-state index contributed by atoms with van der Waals surface area (Å²) >= 11 is 3.57. The van der Waals surface area contributed by atoms with Gasteiger partial charge in [-0.2, -0.15) is 0 Å². The van der Waals surface area contributed by atoms with Crippen molar-refractivity contribution in [2.75, 3.05) is 30.6 Å². The molecule has 168 valence electrons. The minimum atomic E-state index is -0.605. The van der Waals surface area contributed by atoms with Gasteiger partial charge in [0.25, 0.3) is 0 Å². The van der Waals surface area contributed by atoms with Crippen molar-refractivity contribution in [2.45, 2.75) is 6.17 Å². The molecule has 0 bridgehead atoms. The quantitative estimate of drug-likeness (QED) is 0.450. The van der Waals surface area contributed by atoms with Crippen LogP contribution in [0.5, 0.6) is 0 Å². The normalized spacial score (nSPS) is 15.9. The van der Waals surface area contributed by atoms with Crippen molar-refractivity contribution in [1.29, 1.82) is 0 Å². The van der Waals surface area contributed by atoms with Gasteiger partial charge in [-0.05, 0) is 42.0 Å². The number of hydrogen-bond donors (Lipinski definition) is 0. The van der Waals surface area contributed by atoms with Crippen LogP contribution in [0.25, 0.3) is 0 Å². The molecule has 0 N–H and O–H groups in total. The summed E-state index contributed by atoms with van der Waals surface area (Å²) in [6, 6.07) is 27.2. The molecule has 33 heavy (non-hydrogen) atoms. The molecule has 0 aliphatic carbocycles. The summed E-state index contributed by atoms with van der Waals surface area (Å²) in [4.78, 5) is 29.9. The Hall–Kier alpha value is -3.58. The van der Waals surface area contributed by atoms with Crippen LogP contribution in [0.2, 0.25) is 0 Å². The van der Waals surface area contributed by atoms with Crippen molar-refractivity contribution < 1.29 is 19.1 Å². The summed E-state index contributed by atoms with van der Waals surface area (Å²) in [6.45, 7) is 0.168. The van der Waals surface area contributed by atoms with Crippen molar-refractivity contribution in [1.82, 2.24) is 0 Å². The predicted octanol–water partition coefficient (Wildman–Crippen LogP) is 5.07. The average molecular weight is 507 g/mol. The Balaban J connectivity index is 2.04. The first-order valence-electron chi connectivity index (χ1n) is 10.4. The standard InChI is InChI=1S/C26H23BrN2O4/c1-32-25(30)22-17-28(20-12-5-3-6-13-20)24(18-10-9-11-19(27)16-18)29(23(22)26(31)33-2)21-14-7-4-8-15-21/h3-16,24H,17H2,1-2H3. The number of hydrogen-bond acceptors (Lipinski definition) is 6. The van der Waals surface area contributed by atoms with Gasteiger partial charge in [0.15, 0.2) is 0 Å². The summed E-state index contributed by atoms with van der Waals surface area (Å²) in [6.07, 6.45) is -0.435. The van der Waals surface area contributed by atoms with Crippen LogP contribution in [0.15, 0.2) is 101 Å². The second-order valence-electron chi connectivity index (χ2n) is 7.41. The van der Waals surface area contributed by atoms with Crippen molar-refractivity contribution >= 4 is 39.2 Å². The van der Waals surface area contributed by atoms with E-state index in [1.165, 1.54) is 14.2 Å². The average Bonchev–Trinajstić information content (AvgIpc) is 2.87. The lowest BCUT2D eigenvalue weighted by Crippen LogP contribution is -2.50. The number of halogens is 1. The molecule has 3 aromatic rings. The zero-order valence-corrected chi connectivity index (χ0v) is 19.9. The molecule has 1 aliphatic rings. The van der Waals surface area contributed by atoms with E-state index in [4.69, 9.17) is 9.47 Å². The third-order valence-electron chi connectivity index (χ3n) is 5.47. The topological polar surface area (TPSA) is 59.1 Å². The maximum absolute atomic E-state index is 13.1. The Morgan fingerprint density at radius 2 is 1.42 bits per heavy atom. The Morgan fingerprint density at radius 3 is 2.00 bits per heavy atom. The van der Waals surface area contributed by atoms with E-state index in [0.717, 1.165) is 21.4 Å². The predicted molar refractivity (Wildman–Crippen MR) is 131 cm³/mol. The van der Waals surface area contributed by atoms with Gasteiger partial charge in [0.05, 0.1) is 26.3 Å². The van der Waals surface area contributed by atoms with E-state index in [1.54, 1.807) is 0 Å². The van der Waals surface area contributed by atoms with Crippen LogP contribution in [0, 0.1) is 0 Å². The molecule has 6 nitrogen and oxygen atoms in total. The van der Waals surface area contributed by atoms with Crippen LogP contribution in [0.4, 0.5) is 11.4 Å². The monoisotopic (exact) mass is 506 g/mol. The van der Waals surface area contributed by atoms with E-state index in [1.807, 2.05) is 89.8 Å². The Bertz CT molecular complexity index is 1180. The summed E-state index contributed by atoms with van der Waals surface area (Å²) in [5, 5.41) is 0. The zero-order chi connectivity index (χ0) is 23.4. The fraction of sp³-hybridized carbons (Fsp3) is 0.154. The van der Waals surface area contributed by atoms with Gasteiger partial charge in [0.1, 0.15) is 11.9 Å². The molecule has 7 heteroatoms. The fourth-order valence-electron chi connectivity index (χ4n) is 4.05. The summed E-state index contributed by atoms with van der Waals surface area (Å²) in [5.74, 6) is -1.18. The number of carbonyl (C=O) groups is 2. The van der Waals surface area contributed by atoms with Crippen LogP contribution >= 0.6 is 15.9 Å². The number of rotatable bonds is 5. The van der Waals surface area contributed by atoms with E-state index >= 15 is 0 Å². The number of carbonyl (C=O) groups excluding carboxylic acids is 2. The molecule has 1 heterocycles. The van der Waals surface area contributed by atoms with E-state index in [0.29, 0.717) is 0 Å². The minimum Gasteiger partial charge on any atom is -0.466 e. The highest BCUT2D eigenvalue weighted by Gasteiger charge is 2.42. The van der Waals surface area contributed by atoms with Gasteiger partial charge in [-0.15, -0.1) is 0 Å². The molecule has 1 atom stereocenters. The lowest BCUT2D eigenvalue weighted by atomic mass is 9.99. The van der Waals surface area contributed by atoms with Crippen molar-refractivity contribution in [3.8, 4) is 0 Å². The number of nitrogens with zero attached hydrogens (tertiary/aromatic N) is 2. The zero-order valence-electron chi connectivity index (χ0n) is 18.3. The highest BCUT2D eigenvalue weighted by molar-refractivity contribution is 9.10. The number of benzene rings is 3. The first kappa shape index (κ1) is 22.6. The minimum absolute atomic E-state index is 0.160.